The van der Waals surface area contributed by atoms with E-state index in [1.807, 2.05) is 0 Å². The summed E-state index contributed by atoms with van der Waals surface area (Å²) in [6.45, 7) is 7.60. The molecular weight excluding hydrogens is 192 g/mol. The van der Waals surface area contributed by atoms with E-state index < -0.39 is 0 Å². The topological polar surface area (TPSA) is 71.7 Å². The van der Waals surface area contributed by atoms with Crippen LogP contribution in [-0.4, -0.2) is 31.8 Å². The lowest BCUT2D eigenvalue weighted by Crippen LogP contribution is -2.51. The van der Waals surface area contributed by atoms with Gasteiger partial charge in [-0.3, -0.25) is 5.43 Å². The highest BCUT2D eigenvalue weighted by molar-refractivity contribution is 5.79. The van der Waals surface area contributed by atoms with Crippen molar-refractivity contribution in [2.24, 2.45) is 10.8 Å². The lowest BCUT2D eigenvalue weighted by Gasteiger charge is -2.27. The Kier molecular flexibility index (Phi) is 7.07. The van der Waals surface area contributed by atoms with Crippen LogP contribution in [0.4, 0.5) is 0 Å². The van der Waals surface area contributed by atoms with Gasteiger partial charge in [0.2, 0.25) is 5.96 Å². The Bertz CT molecular complexity index is 192. The standard InChI is InChI=1S/C10H24N4O/c1-5-6-10(2,3)13-9(14-11)12-7-8-15-4/h5-8,11H2,1-4H3,(H2,12,13,14). The number of nitrogens with one attached hydrogen (secondary N) is 2. The third-order valence-electron chi connectivity index (χ3n) is 2.03. The summed E-state index contributed by atoms with van der Waals surface area (Å²) >= 11 is 0. The number of nitrogens with zero attached hydrogens (tertiary/aromatic N) is 1. The second-order valence-corrected chi connectivity index (χ2v) is 4.13. The van der Waals surface area contributed by atoms with Crippen molar-refractivity contribution in [3.63, 3.8) is 0 Å². The van der Waals surface area contributed by atoms with Crippen molar-refractivity contribution in [3.05, 3.63) is 0 Å². The molecule has 0 amide bonds. The minimum Gasteiger partial charge on any atom is -0.383 e. The monoisotopic (exact) mass is 216 g/mol. The molecule has 0 saturated carbocycles. The summed E-state index contributed by atoms with van der Waals surface area (Å²) in [6, 6.07) is 0. The molecule has 0 spiro atoms. The van der Waals surface area contributed by atoms with Crippen LogP contribution in [0.5, 0.6) is 0 Å². The molecule has 15 heavy (non-hydrogen) atoms. The average Bonchev–Trinajstić information content (AvgIpc) is 2.16. The fraction of sp³-hybridized carbons (Fsp3) is 0.900. The number of ether oxygens (including phenoxy) is 1. The van der Waals surface area contributed by atoms with Crippen molar-refractivity contribution in [3.8, 4) is 0 Å². The van der Waals surface area contributed by atoms with E-state index in [9.17, 15) is 0 Å². The van der Waals surface area contributed by atoms with Gasteiger partial charge in [-0.15, -0.1) is 0 Å². The zero-order valence-corrected chi connectivity index (χ0v) is 10.3. The fourth-order valence-electron chi connectivity index (χ4n) is 1.38. The van der Waals surface area contributed by atoms with Gasteiger partial charge >= 0.3 is 0 Å². The Balaban J connectivity index is 4.12. The molecule has 0 rings (SSSR count). The number of guanidine groups is 1. The van der Waals surface area contributed by atoms with Gasteiger partial charge in [-0.1, -0.05) is 13.3 Å². The fourth-order valence-corrected chi connectivity index (χ4v) is 1.38. The number of nitrogens with two attached hydrogens (primary N) is 1. The maximum Gasteiger partial charge on any atom is 0.206 e. The maximum absolute atomic E-state index is 5.37. The van der Waals surface area contributed by atoms with Gasteiger partial charge in [-0.2, -0.15) is 0 Å². The minimum atomic E-state index is 0.00697. The van der Waals surface area contributed by atoms with Gasteiger partial charge in [0.1, 0.15) is 0 Å². The molecule has 5 nitrogen and oxygen atoms in total. The normalized spacial score (nSPS) is 12.7. The maximum atomic E-state index is 5.37. The molecule has 90 valence electrons. The highest BCUT2D eigenvalue weighted by atomic mass is 16.5. The van der Waals surface area contributed by atoms with Crippen LogP contribution in [-0.2, 0) is 4.74 Å². The summed E-state index contributed by atoms with van der Waals surface area (Å²) < 4.78 is 4.91. The van der Waals surface area contributed by atoms with E-state index >= 15 is 0 Å². The predicted molar refractivity (Wildman–Crippen MR) is 63.6 cm³/mol. The molecule has 0 aromatic heterocycles. The average molecular weight is 216 g/mol. The van der Waals surface area contributed by atoms with Crippen LogP contribution in [0, 0.1) is 0 Å². The first-order chi connectivity index (χ1) is 7.05. The molecule has 0 aliphatic carbocycles. The Morgan fingerprint density at radius 2 is 2.13 bits per heavy atom. The zero-order valence-electron chi connectivity index (χ0n) is 10.3. The summed E-state index contributed by atoms with van der Waals surface area (Å²) in [5.74, 6) is 5.99. The molecule has 0 heterocycles. The number of hydrogen-bond acceptors (Lipinski definition) is 3. The predicted octanol–water partition coefficient (Wildman–Crippen LogP) is 0.620. The van der Waals surface area contributed by atoms with E-state index in [4.69, 9.17) is 10.6 Å². The summed E-state index contributed by atoms with van der Waals surface area (Å²) in [5, 5.41) is 3.26. The third kappa shape index (κ3) is 7.16. The molecule has 0 aromatic rings. The van der Waals surface area contributed by atoms with Crippen molar-refractivity contribution < 1.29 is 4.74 Å². The molecule has 4 N–H and O–H groups in total. The summed E-state index contributed by atoms with van der Waals surface area (Å²) in [7, 11) is 1.65. The van der Waals surface area contributed by atoms with Crippen molar-refractivity contribution in [1.29, 1.82) is 0 Å². The SMILES string of the molecule is CCCC(C)(C)NC(=NCCOC)NN. The molecule has 5 heteroatoms. The lowest BCUT2D eigenvalue weighted by molar-refractivity contribution is 0.207. The first-order valence-electron chi connectivity index (χ1n) is 5.34. The minimum absolute atomic E-state index is 0.00697. The molecular formula is C10H24N4O. The number of rotatable bonds is 6. The van der Waals surface area contributed by atoms with Gasteiger partial charge in [0, 0.05) is 12.6 Å². The van der Waals surface area contributed by atoms with Gasteiger partial charge in [-0.25, -0.2) is 10.8 Å². The lowest BCUT2D eigenvalue weighted by atomic mass is 9.99. The zero-order chi connectivity index (χ0) is 11.7. The highest BCUT2D eigenvalue weighted by Gasteiger charge is 2.17. The van der Waals surface area contributed by atoms with Gasteiger partial charge in [0.15, 0.2) is 0 Å². The molecule has 0 aliphatic heterocycles. The van der Waals surface area contributed by atoms with Crippen LogP contribution in [0.15, 0.2) is 4.99 Å². The van der Waals surface area contributed by atoms with Crippen molar-refractivity contribution in [2.45, 2.75) is 39.2 Å². The molecule has 0 radical (unpaired) electrons. The van der Waals surface area contributed by atoms with Crippen LogP contribution in [0.25, 0.3) is 0 Å². The molecule has 0 saturated heterocycles. The van der Waals surface area contributed by atoms with Gasteiger partial charge in [0.25, 0.3) is 0 Å². The van der Waals surface area contributed by atoms with Crippen LogP contribution in [0.3, 0.4) is 0 Å². The quantitative estimate of drug-likeness (QED) is 0.200. The number of hydrogen-bond donors (Lipinski definition) is 3. The van der Waals surface area contributed by atoms with Gasteiger partial charge < -0.3 is 10.1 Å². The smallest absolute Gasteiger partial charge is 0.206 e. The van der Waals surface area contributed by atoms with Crippen molar-refractivity contribution >= 4 is 5.96 Å². The van der Waals surface area contributed by atoms with Gasteiger partial charge in [-0.05, 0) is 20.3 Å². The van der Waals surface area contributed by atoms with Crippen LogP contribution >= 0.6 is 0 Å². The van der Waals surface area contributed by atoms with E-state index in [1.54, 1.807) is 7.11 Å². The Morgan fingerprint density at radius 3 is 2.60 bits per heavy atom. The molecule has 0 bridgehead atoms. The van der Waals surface area contributed by atoms with Crippen LogP contribution in [0.2, 0.25) is 0 Å². The molecule has 0 aliphatic rings. The van der Waals surface area contributed by atoms with Crippen molar-refractivity contribution in [2.75, 3.05) is 20.3 Å². The highest BCUT2D eigenvalue weighted by Crippen LogP contribution is 2.09. The molecule has 0 unspecified atom stereocenters. The van der Waals surface area contributed by atoms with E-state index in [0.29, 0.717) is 19.1 Å². The van der Waals surface area contributed by atoms with Crippen LogP contribution in [0.1, 0.15) is 33.6 Å². The van der Waals surface area contributed by atoms with E-state index in [-0.39, 0.29) is 5.54 Å². The third-order valence-corrected chi connectivity index (χ3v) is 2.03. The number of methoxy groups -OCH3 is 1. The number of aliphatic imine (C=N–C) groups is 1. The number of hydrazine groups is 1. The Hall–Kier alpha value is -0.810. The van der Waals surface area contributed by atoms with E-state index in [2.05, 4.69) is 36.5 Å². The summed E-state index contributed by atoms with van der Waals surface area (Å²) in [5.41, 5.74) is 2.57. The molecule has 0 aromatic carbocycles. The summed E-state index contributed by atoms with van der Waals surface area (Å²) in [6.07, 6.45) is 2.19. The van der Waals surface area contributed by atoms with Crippen molar-refractivity contribution in [1.82, 2.24) is 10.7 Å². The van der Waals surface area contributed by atoms with Crippen LogP contribution < -0.4 is 16.6 Å². The van der Waals surface area contributed by atoms with E-state index in [1.165, 1.54) is 0 Å². The second kappa shape index (κ2) is 7.48. The Labute approximate surface area is 92.4 Å². The van der Waals surface area contributed by atoms with E-state index in [0.717, 1.165) is 12.8 Å². The first-order valence-corrected chi connectivity index (χ1v) is 5.34. The molecule has 0 atom stereocenters. The van der Waals surface area contributed by atoms with Gasteiger partial charge in [0.05, 0.1) is 13.2 Å². The largest absolute Gasteiger partial charge is 0.383 e. The summed E-state index contributed by atoms with van der Waals surface area (Å²) in [4.78, 5) is 4.24. The Morgan fingerprint density at radius 1 is 1.47 bits per heavy atom. The second-order valence-electron chi connectivity index (χ2n) is 4.13. The molecule has 0 fully saturated rings. The first kappa shape index (κ1) is 14.2.